The third-order valence-electron chi connectivity index (χ3n) is 4.43. The molecule has 1 fully saturated rings. The molecule has 1 heterocycles. The van der Waals surface area contributed by atoms with Crippen LogP contribution in [0.4, 0.5) is 0 Å². The Kier molecular flexibility index (Phi) is 5.32. The first kappa shape index (κ1) is 19.0. The number of phenols is 1. The number of nitrogens with zero attached hydrogens (tertiary/aromatic N) is 2. The van der Waals surface area contributed by atoms with Crippen molar-refractivity contribution < 1.29 is 24.5 Å². The Hall–Kier alpha value is -3.79. The summed E-state index contributed by atoms with van der Waals surface area (Å²) in [6.45, 7) is 1.73. The number of aliphatic hydroxyl groups excluding tert-OH is 1. The van der Waals surface area contributed by atoms with E-state index < -0.39 is 17.7 Å². The molecule has 2 aromatic carbocycles. The number of carbonyl (C=O) groups is 2. The van der Waals surface area contributed by atoms with Crippen molar-refractivity contribution in [2.24, 2.45) is 0 Å². The maximum Gasteiger partial charge on any atom is 0.296 e. The highest BCUT2D eigenvalue weighted by Gasteiger charge is 2.46. The molecular weight excluding hydrogens is 360 g/mol. The summed E-state index contributed by atoms with van der Waals surface area (Å²) in [6.07, 6.45) is 0. The number of phenolic OH excluding ortho intramolecular Hbond substituents is 1. The summed E-state index contributed by atoms with van der Waals surface area (Å²) in [6, 6.07) is 13.7. The fourth-order valence-electron chi connectivity index (χ4n) is 3.19. The third-order valence-corrected chi connectivity index (χ3v) is 4.43. The number of hydrogen-bond acceptors (Lipinski definition) is 6. The summed E-state index contributed by atoms with van der Waals surface area (Å²) in [5.74, 6) is -1.97. The predicted octanol–water partition coefficient (Wildman–Crippen LogP) is 2.74. The van der Waals surface area contributed by atoms with Gasteiger partial charge in [0.2, 0.25) is 0 Å². The van der Waals surface area contributed by atoms with Crippen LogP contribution in [0.5, 0.6) is 11.5 Å². The fourth-order valence-corrected chi connectivity index (χ4v) is 3.19. The van der Waals surface area contributed by atoms with Gasteiger partial charge in [0.25, 0.3) is 11.7 Å². The molecule has 0 saturated carbocycles. The minimum Gasteiger partial charge on any atom is -0.507 e. The van der Waals surface area contributed by atoms with Crippen LogP contribution in [0, 0.1) is 11.3 Å². The van der Waals surface area contributed by atoms with E-state index in [1.54, 1.807) is 37.3 Å². The Balaban J connectivity index is 2.21. The van der Waals surface area contributed by atoms with Crippen LogP contribution < -0.4 is 4.74 Å². The first-order valence-corrected chi connectivity index (χ1v) is 8.66. The van der Waals surface area contributed by atoms with Gasteiger partial charge in [0.05, 0.1) is 24.3 Å². The van der Waals surface area contributed by atoms with E-state index in [1.165, 1.54) is 18.2 Å². The number of nitriles is 1. The molecule has 0 radical (unpaired) electrons. The van der Waals surface area contributed by atoms with Crippen LogP contribution in [0.3, 0.4) is 0 Å². The molecule has 1 unspecified atom stereocenters. The zero-order valence-electron chi connectivity index (χ0n) is 15.1. The van der Waals surface area contributed by atoms with Crippen molar-refractivity contribution in [3.05, 3.63) is 65.2 Å². The highest BCUT2D eigenvalue weighted by Crippen LogP contribution is 2.41. The van der Waals surface area contributed by atoms with E-state index >= 15 is 0 Å². The molecule has 28 heavy (non-hydrogen) atoms. The van der Waals surface area contributed by atoms with E-state index in [9.17, 15) is 19.8 Å². The van der Waals surface area contributed by atoms with E-state index in [4.69, 9.17) is 10.00 Å². The highest BCUT2D eigenvalue weighted by atomic mass is 16.5. The van der Waals surface area contributed by atoms with Gasteiger partial charge in [-0.3, -0.25) is 9.59 Å². The third kappa shape index (κ3) is 3.28. The number of likely N-dealkylation sites (tertiary alicyclic amines) is 1. The number of ketones is 1. The number of aromatic hydroxyl groups is 1. The molecule has 2 N–H and O–H groups in total. The van der Waals surface area contributed by atoms with Crippen molar-refractivity contribution >= 4 is 17.4 Å². The Morgan fingerprint density at radius 2 is 1.93 bits per heavy atom. The smallest absolute Gasteiger partial charge is 0.296 e. The largest absolute Gasteiger partial charge is 0.507 e. The molecule has 1 saturated heterocycles. The zero-order chi connectivity index (χ0) is 20.3. The molecule has 1 aliphatic heterocycles. The van der Waals surface area contributed by atoms with Crippen LogP contribution in [0.1, 0.15) is 24.1 Å². The van der Waals surface area contributed by atoms with Gasteiger partial charge in [0.1, 0.15) is 12.3 Å². The van der Waals surface area contributed by atoms with Gasteiger partial charge in [0.15, 0.2) is 11.5 Å². The van der Waals surface area contributed by atoms with Gasteiger partial charge >= 0.3 is 0 Å². The van der Waals surface area contributed by atoms with Gasteiger partial charge in [-0.25, -0.2) is 0 Å². The van der Waals surface area contributed by atoms with Gasteiger partial charge in [-0.15, -0.1) is 0 Å². The van der Waals surface area contributed by atoms with Gasteiger partial charge in [-0.1, -0.05) is 36.4 Å². The maximum atomic E-state index is 12.7. The molecule has 1 aliphatic rings. The van der Waals surface area contributed by atoms with E-state index in [1.807, 2.05) is 6.07 Å². The molecule has 1 amide bonds. The van der Waals surface area contributed by atoms with Crippen molar-refractivity contribution in [1.29, 1.82) is 5.26 Å². The minimum absolute atomic E-state index is 0.0918. The standard InChI is InChI=1S/C21H18N2O5/c1-2-28-16-12-14(8-9-15(16)24)18-17(19(25)13-6-4-3-5-7-13)20(26)21(27)23(18)11-10-22/h3-9,12,18,24-25H,2,11H2,1H3/b19-17-. The van der Waals surface area contributed by atoms with Gasteiger partial charge in [-0.05, 0) is 24.6 Å². The van der Waals surface area contributed by atoms with Crippen molar-refractivity contribution in [1.82, 2.24) is 4.90 Å². The molecular formula is C21H18N2O5. The van der Waals surface area contributed by atoms with Gasteiger partial charge < -0.3 is 19.8 Å². The zero-order valence-corrected chi connectivity index (χ0v) is 15.1. The molecule has 0 bridgehead atoms. The van der Waals surface area contributed by atoms with E-state index in [-0.39, 0.29) is 29.4 Å². The first-order valence-electron chi connectivity index (χ1n) is 8.66. The average Bonchev–Trinajstić information content (AvgIpc) is 2.95. The first-order chi connectivity index (χ1) is 13.5. The molecule has 0 aromatic heterocycles. The lowest BCUT2D eigenvalue weighted by molar-refractivity contribution is -0.139. The topological polar surface area (TPSA) is 111 Å². The van der Waals surface area contributed by atoms with Crippen LogP contribution in [0.2, 0.25) is 0 Å². The second-order valence-electron chi connectivity index (χ2n) is 6.11. The normalized spacial score (nSPS) is 18.1. The molecule has 7 nitrogen and oxygen atoms in total. The lowest BCUT2D eigenvalue weighted by atomic mass is 9.95. The van der Waals surface area contributed by atoms with E-state index in [0.29, 0.717) is 17.7 Å². The molecule has 1 atom stereocenters. The lowest BCUT2D eigenvalue weighted by Gasteiger charge is -2.23. The Bertz CT molecular complexity index is 992. The number of aliphatic hydroxyl groups is 1. The SMILES string of the molecule is CCOc1cc(C2/C(=C(/O)c3ccccc3)C(=O)C(=O)N2CC#N)ccc1O. The monoisotopic (exact) mass is 378 g/mol. The number of Topliss-reactive ketones (excluding diaryl/α,β-unsaturated/α-hetero) is 1. The predicted molar refractivity (Wildman–Crippen MR) is 100 cm³/mol. The Labute approximate surface area is 161 Å². The quantitative estimate of drug-likeness (QED) is 0.358. The number of benzene rings is 2. The summed E-state index contributed by atoms with van der Waals surface area (Å²) in [5.41, 5.74) is 0.707. The van der Waals surface area contributed by atoms with Crippen LogP contribution in [0.25, 0.3) is 5.76 Å². The molecule has 3 rings (SSSR count). The van der Waals surface area contributed by atoms with Crippen LogP contribution >= 0.6 is 0 Å². The van der Waals surface area contributed by atoms with Crippen molar-refractivity contribution in [2.45, 2.75) is 13.0 Å². The lowest BCUT2D eigenvalue weighted by Crippen LogP contribution is -2.30. The second-order valence-corrected chi connectivity index (χ2v) is 6.11. The number of ether oxygens (including phenoxy) is 1. The summed E-state index contributed by atoms with van der Waals surface area (Å²) in [7, 11) is 0. The number of rotatable bonds is 5. The molecule has 7 heteroatoms. The second kappa shape index (κ2) is 7.84. The van der Waals surface area contributed by atoms with Crippen LogP contribution in [-0.2, 0) is 9.59 Å². The van der Waals surface area contributed by atoms with Gasteiger partial charge in [-0.2, -0.15) is 5.26 Å². The molecule has 2 aromatic rings. The van der Waals surface area contributed by atoms with Crippen LogP contribution in [0.15, 0.2) is 54.1 Å². The van der Waals surface area contributed by atoms with Crippen molar-refractivity contribution in [3.63, 3.8) is 0 Å². The number of carbonyl (C=O) groups excluding carboxylic acids is 2. The summed E-state index contributed by atoms with van der Waals surface area (Å²) >= 11 is 0. The Morgan fingerprint density at radius 1 is 1.21 bits per heavy atom. The highest BCUT2D eigenvalue weighted by molar-refractivity contribution is 6.46. The van der Waals surface area contributed by atoms with E-state index in [0.717, 1.165) is 4.90 Å². The average molecular weight is 378 g/mol. The fraction of sp³-hybridized carbons (Fsp3) is 0.190. The molecule has 0 spiro atoms. The minimum atomic E-state index is -0.973. The van der Waals surface area contributed by atoms with Crippen LogP contribution in [-0.4, -0.2) is 40.0 Å². The maximum absolute atomic E-state index is 12.7. The molecule has 0 aliphatic carbocycles. The summed E-state index contributed by atoms with van der Waals surface area (Å²) in [5, 5.41) is 29.8. The number of hydrogen-bond donors (Lipinski definition) is 2. The summed E-state index contributed by atoms with van der Waals surface area (Å²) < 4.78 is 5.38. The number of amides is 1. The van der Waals surface area contributed by atoms with Crippen molar-refractivity contribution in [3.8, 4) is 17.6 Å². The van der Waals surface area contributed by atoms with Crippen molar-refractivity contribution in [2.75, 3.05) is 13.2 Å². The molecule has 142 valence electrons. The Morgan fingerprint density at radius 3 is 2.57 bits per heavy atom. The summed E-state index contributed by atoms with van der Waals surface area (Å²) in [4.78, 5) is 26.3. The van der Waals surface area contributed by atoms with Gasteiger partial charge in [0, 0.05) is 5.56 Å². The van der Waals surface area contributed by atoms with E-state index in [2.05, 4.69) is 0 Å².